The van der Waals surface area contributed by atoms with Gasteiger partial charge in [0.15, 0.2) is 0 Å². The van der Waals surface area contributed by atoms with Crippen LogP contribution in [0.25, 0.3) is 10.1 Å². The van der Waals surface area contributed by atoms with Crippen LogP contribution < -0.4 is 9.47 Å². The molecule has 4 aromatic rings. The lowest BCUT2D eigenvalue weighted by atomic mass is 10.0. The zero-order chi connectivity index (χ0) is 22.6. The van der Waals surface area contributed by atoms with E-state index in [-0.39, 0.29) is 6.17 Å². The quantitative estimate of drug-likeness (QED) is 0.323. The average Bonchev–Trinajstić information content (AvgIpc) is 3.29. The molecule has 0 spiro atoms. The highest BCUT2D eigenvalue weighted by Crippen LogP contribution is 2.38. The Morgan fingerprint density at radius 1 is 0.758 bits per heavy atom. The van der Waals surface area contributed by atoms with Crippen LogP contribution in [0.3, 0.4) is 0 Å². The molecule has 0 atom stereocenters. The minimum absolute atomic E-state index is 0.235. The number of methoxy groups -OCH3 is 2. The zero-order valence-electron chi connectivity index (χ0n) is 19.2. The number of fused-ring (bicyclic) bond motifs is 1. The summed E-state index contributed by atoms with van der Waals surface area (Å²) in [5.74, 6) is 1.80. The highest BCUT2D eigenvalue weighted by Gasteiger charge is 2.32. The van der Waals surface area contributed by atoms with Gasteiger partial charge < -0.3 is 9.47 Å². The first kappa shape index (κ1) is 22.0. The highest BCUT2D eigenvalue weighted by atomic mass is 32.1. The summed E-state index contributed by atoms with van der Waals surface area (Å²) in [4.78, 5) is 5.26. The molecule has 1 aromatic heterocycles. The number of benzene rings is 3. The summed E-state index contributed by atoms with van der Waals surface area (Å²) < 4.78 is 12.1. The molecule has 1 aliphatic heterocycles. The van der Waals surface area contributed by atoms with Crippen LogP contribution in [0.2, 0.25) is 0 Å². The maximum absolute atomic E-state index is 5.36. The van der Waals surface area contributed by atoms with Crippen LogP contribution >= 0.6 is 11.3 Å². The number of nitrogens with zero attached hydrogens (tertiary/aromatic N) is 2. The molecule has 0 aliphatic carbocycles. The Morgan fingerprint density at radius 3 is 1.85 bits per heavy atom. The maximum atomic E-state index is 5.36. The minimum atomic E-state index is 0.235. The lowest BCUT2D eigenvalue weighted by Crippen LogP contribution is -2.46. The van der Waals surface area contributed by atoms with Crippen molar-refractivity contribution >= 4 is 21.4 Å². The molecule has 5 rings (SSSR count). The van der Waals surface area contributed by atoms with E-state index in [0.29, 0.717) is 0 Å². The topological polar surface area (TPSA) is 24.9 Å². The van der Waals surface area contributed by atoms with E-state index in [9.17, 15) is 0 Å². The third-order valence-corrected chi connectivity index (χ3v) is 7.44. The molecule has 0 unspecified atom stereocenters. The van der Waals surface area contributed by atoms with Crippen LogP contribution in [0.4, 0.5) is 0 Å². The van der Waals surface area contributed by atoms with Crippen molar-refractivity contribution in [2.75, 3.05) is 27.3 Å². The third kappa shape index (κ3) is 4.76. The minimum Gasteiger partial charge on any atom is -0.497 e. The number of hydrogen-bond acceptors (Lipinski definition) is 5. The molecule has 1 aliphatic rings. The fourth-order valence-corrected chi connectivity index (χ4v) is 5.78. The molecule has 0 saturated carbocycles. The first-order valence-electron chi connectivity index (χ1n) is 11.5. The standard InChI is InChI=1S/C28H30N2O2S/c1-31-23-12-8-21(9-13-23)18-29-16-5-17-30(19-22-10-14-24(32-2)15-11-22)28(29)26-20-33-27-7-4-3-6-25(26)27/h3-4,6-15,20,28H,5,16-19H2,1-2H3. The van der Waals surface area contributed by atoms with Gasteiger partial charge in [-0.2, -0.15) is 0 Å². The molecular formula is C28H30N2O2S. The molecule has 170 valence electrons. The van der Waals surface area contributed by atoms with Crippen molar-refractivity contribution in [1.82, 2.24) is 9.80 Å². The van der Waals surface area contributed by atoms with Crippen LogP contribution in [0, 0.1) is 0 Å². The van der Waals surface area contributed by atoms with E-state index in [4.69, 9.17) is 9.47 Å². The second kappa shape index (κ2) is 9.96. The Morgan fingerprint density at radius 2 is 1.30 bits per heavy atom. The van der Waals surface area contributed by atoms with E-state index in [1.807, 2.05) is 11.3 Å². The van der Waals surface area contributed by atoms with Gasteiger partial charge in [-0.3, -0.25) is 9.80 Å². The Balaban J connectivity index is 1.48. The summed E-state index contributed by atoms with van der Waals surface area (Å²) in [5, 5.41) is 3.73. The number of thiophene rings is 1. The molecule has 0 bridgehead atoms. The Kier molecular flexibility index (Phi) is 6.63. The van der Waals surface area contributed by atoms with Crippen molar-refractivity contribution in [3.8, 4) is 11.5 Å². The molecule has 5 heteroatoms. The van der Waals surface area contributed by atoms with Crippen LogP contribution in [0.15, 0.2) is 78.2 Å². The van der Waals surface area contributed by atoms with Gasteiger partial charge in [0.2, 0.25) is 0 Å². The summed E-state index contributed by atoms with van der Waals surface area (Å²) in [6, 6.07) is 25.8. The Hall–Kier alpha value is -2.86. The Labute approximate surface area is 200 Å². The molecule has 0 amide bonds. The van der Waals surface area contributed by atoms with E-state index < -0.39 is 0 Å². The zero-order valence-corrected chi connectivity index (χ0v) is 20.1. The van der Waals surface area contributed by atoms with Gasteiger partial charge in [-0.25, -0.2) is 0 Å². The summed E-state index contributed by atoms with van der Waals surface area (Å²) in [6.45, 7) is 4.00. The van der Waals surface area contributed by atoms with Crippen molar-refractivity contribution in [2.24, 2.45) is 0 Å². The summed E-state index contributed by atoms with van der Waals surface area (Å²) in [6.07, 6.45) is 1.39. The van der Waals surface area contributed by atoms with Gasteiger partial charge in [-0.1, -0.05) is 42.5 Å². The van der Waals surface area contributed by atoms with Gasteiger partial charge in [0, 0.05) is 36.4 Å². The smallest absolute Gasteiger partial charge is 0.118 e. The fourth-order valence-electron chi connectivity index (χ4n) is 4.81. The molecular weight excluding hydrogens is 428 g/mol. The Bertz CT molecular complexity index is 1130. The largest absolute Gasteiger partial charge is 0.497 e. The molecule has 1 saturated heterocycles. The second-order valence-electron chi connectivity index (χ2n) is 8.55. The van der Waals surface area contributed by atoms with Crippen LogP contribution in [0.1, 0.15) is 29.3 Å². The van der Waals surface area contributed by atoms with Crippen LogP contribution in [0.5, 0.6) is 11.5 Å². The van der Waals surface area contributed by atoms with E-state index in [1.54, 1.807) is 14.2 Å². The molecule has 3 aromatic carbocycles. The lowest BCUT2D eigenvalue weighted by molar-refractivity contribution is -0.00801. The first-order chi connectivity index (χ1) is 16.2. The van der Waals surface area contributed by atoms with Gasteiger partial charge in [-0.05, 0) is 58.6 Å². The molecule has 2 heterocycles. The summed E-state index contributed by atoms with van der Waals surface area (Å²) in [7, 11) is 3.43. The number of rotatable bonds is 7. The first-order valence-corrected chi connectivity index (χ1v) is 12.3. The van der Waals surface area contributed by atoms with Crippen molar-refractivity contribution in [3.63, 3.8) is 0 Å². The molecule has 33 heavy (non-hydrogen) atoms. The van der Waals surface area contributed by atoms with E-state index in [2.05, 4.69) is 88.0 Å². The maximum Gasteiger partial charge on any atom is 0.118 e. The highest BCUT2D eigenvalue weighted by molar-refractivity contribution is 7.17. The van der Waals surface area contributed by atoms with Gasteiger partial charge in [0.25, 0.3) is 0 Å². The summed E-state index contributed by atoms with van der Waals surface area (Å²) >= 11 is 1.85. The van der Waals surface area contributed by atoms with Crippen molar-refractivity contribution < 1.29 is 9.47 Å². The number of ether oxygens (including phenoxy) is 2. The number of hydrogen-bond donors (Lipinski definition) is 0. The van der Waals surface area contributed by atoms with Gasteiger partial charge in [0.05, 0.1) is 20.4 Å². The van der Waals surface area contributed by atoms with Crippen molar-refractivity contribution in [3.05, 3.63) is 94.9 Å². The van der Waals surface area contributed by atoms with Gasteiger partial charge >= 0.3 is 0 Å². The van der Waals surface area contributed by atoms with Crippen LogP contribution in [-0.2, 0) is 13.1 Å². The SMILES string of the molecule is COc1ccc(CN2CCCN(Cc3ccc(OC)cc3)C2c2csc3ccccc23)cc1. The van der Waals surface area contributed by atoms with Crippen molar-refractivity contribution in [1.29, 1.82) is 0 Å². The monoisotopic (exact) mass is 458 g/mol. The molecule has 1 fully saturated rings. The van der Waals surface area contributed by atoms with E-state index in [0.717, 1.165) is 44.1 Å². The fraction of sp³-hybridized carbons (Fsp3) is 0.286. The normalized spacial score (nSPS) is 15.7. The molecule has 0 radical (unpaired) electrons. The van der Waals surface area contributed by atoms with Gasteiger partial charge in [0.1, 0.15) is 11.5 Å². The molecule has 4 nitrogen and oxygen atoms in total. The predicted molar refractivity (Wildman–Crippen MR) is 136 cm³/mol. The summed E-state index contributed by atoms with van der Waals surface area (Å²) in [5.41, 5.74) is 4.04. The van der Waals surface area contributed by atoms with Crippen molar-refractivity contribution in [2.45, 2.75) is 25.7 Å². The van der Waals surface area contributed by atoms with E-state index >= 15 is 0 Å². The lowest BCUT2D eigenvalue weighted by Gasteiger charge is -2.44. The predicted octanol–water partition coefficient (Wildman–Crippen LogP) is 6.33. The molecule has 0 N–H and O–H groups in total. The van der Waals surface area contributed by atoms with Gasteiger partial charge in [-0.15, -0.1) is 11.3 Å². The average molecular weight is 459 g/mol. The van der Waals surface area contributed by atoms with E-state index in [1.165, 1.54) is 26.8 Å². The third-order valence-electron chi connectivity index (χ3n) is 6.46. The second-order valence-corrected chi connectivity index (χ2v) is 9.46. The van der Waals surface area contributed by atoms with Crippen LogP contribution in [-0.4, -0.2) is 37.1 Å².